The van der Waals surface area contributed by atoms with Crippen LogP contribution < -0.4 is 5.32 Å². The monoisotopic (exact) mass is 226 g/mol. The molecule has 0 aliphatic rings. The number of thiazole rings is 1. The Hall–Kier alpha value is -0.410. The first-order chi connectivity index (χ1) is 6.98. The average molecular weight is 226 g/mol. The van der Waals surface area contributed by atoms with Crippen LogP contribution in [0.5, 0.6) is 0 Å². The summed E-state index contributed by atoms with van der Waals surface area (Å²) in [4.78, 5) is 4.55. The SMILES string of the molecule is CNCC(C)(Cc1nc(C)cs1)C(C)C. The molecule has 0 aliphatic heterocycles. The molecule has 0 fully saturated rings. The quantitative estimate of drug-likeness (QED) is 0.835. The van der Waals surface area contributed by atoms with Crippen LogP contribution in [0.4, 0.5) is 0 Å². The predicted octanol–water partition coefficient (Wildman–Crippen LogP) is 2.88. The van der Waals surface area contributed by atoms with Gasteiger partial charge in [-0.25, -0.2) is 4.98 Å². The third kappa shape index (κ3) is 3.28. The molecule has 0 radical (unpaired) electrons. The molecule has 1 rings (SSSR count). The van der Waals surface area contributed by atoms with Gasteiger partial charge in [0.15, 0.2) is 0 Å². The Bertz CT molecular complexity index is 306. The van der Waals surface area contributed by atoms with Crippen molar-refractivity contribution < 1.29 is 0 Å². The molecule has 0 amide bonds. The lowest BCUT2D eigenvalue weighted by atomic mass is 9.76. The van der Waals surface area contributed by atoms with Gasteiger partial charge in [0.25, 0.3) is 0 Å². The van der Waals surface area contributed by atoms with Crippen LogP contribution in [0, 0.1) is 18.3 Å². The molecule has 86 valence electrons. The van der Waals surface area contributed by atoms with Crippen LogP contribution in [0.25, 0.3) is 0 Å². The van der Waals surface area contributed by atoms with Crippen LogP contribution in [0.3, 0.4) is 0 Å². The molecule has 0 aliphatic carbocycles. The Balaban J connectivity index is 2.74. The molecule has 3 heteroatoms. The first-order valence-electron chi connectivity index (χ1n) is 5.53. The molecule has 1 heterocycles. The van der Waals surface area contributed by atoms with Crippen LogP contribution in [0.15, 0.2) is 5.38 Å². The minimum absolute atomic E-state index is 0.305. The second kappa shape index (κ2) is 5.08. The summed E-state index contributed by atoms with van der Waals surface area (Å²) in [5.74, 6) is 0.661. The van der Waals surface area contributed by atoms with E-state index in [4.69, 9.17) is 0 Å². The average Bonchev–Trinajstić information content (AvgIpc) is 2.51. The van der Waals surface area contributed by atoms with Crippen LogP contribution in [-0.4, -0.2) is 18.6 Å². The molecule has 15 heavy (non-hydrogen) atoms. The molecule has 0 saturated carbocycles. The van der Waals surface area contributed by atoms with Gasteiger partial charge in [-0.2, -0.15) is 0 Å². The number of hydrogen-bond acceptors (Lipinski definition) is 3. The van der Waals surface area contributed by atoms with Gasteiger partial charge in [0.2, 0.25) is 0 Å². The molecule has 2 nitrogen and oxygen atoms in total. The van der Waals surface area contributed by atoms with Crippen molar-refractivity contribution in [3.8, 4) is 0 Å². The van der Waals surface area contributed by atoms with Crippen molar-refractivity contribution >= 4 is 11.3 Å². The highest BCUT2D eigenvalue weighted by Gasteiger charge is 2.28. The lowest BCUT2D eigenvalue weighted by Crippen LogP contribution is -2.36. The molecule has 1 atom stereocenters. The molecule has 1 aromatic rings. The highest BCUT2D eigenvalue weighted by atomic mass is 32.1. The Morgan fingerprint density at radius 3 is 2.60 bits per heavy atom. The van der Waals surface area contributed by atoms with Crippen molar-refractivity contribution in [3.05, 3.63) is 16.1 Å². The summed E-state index contributed by atoms with van der Waals surface area (Å²) in [5, 5.41) is 6.69. The van der Waals surface area contributed by atoms with Gasteiger partial charge in [-0.1, -0.05) is 20.8 Å². The maximum absolute atomic E-state index is 4.55. The summed E-state index contributed by atoms with van der Waals surface area (Å²) in [6.07, 6.45) is 1.07. The maximum Gasteiger partial charge on any atom is 0.0934 e. The Morgan fingerprint density at radius 1 is 1.53 bits per heavy atom. The third-order valence-electron chi connectivity index (χ3n) is 3.20. The molecule has 0 saturated heterocycles. The van der Waals surface area contributed by atoms with Gasteiger partial charge in [0, 0.05) is 24.0 Å². The standard InChI is InChI=1S/C12H22N2S/c1-9(2)12(4,8-13-5)6-11-14-10(3)7-15-11/h7,9,13H,6,8H2,1-5H3. The van der Waals surface area contributed by atoms with Crippen LogP contribution >= 0.6 is 11.3 Å². The van der Waals surface area contributed by atoms with Gasteiger partial charge >= 0.3 is 0 Å². The fourth-order valence-electron chi connectivity index (χ4n) is 1.70. The summed E-state index contributed by atoms with van der Waals surface area (Å²) in [6.45, 7) is 10.0. The topological polar surface area (TPSA) is 24.9 Å². The minimum atomic E-state index is 0.305. The highest BCUT2D eigenvalue weighted by molar-refractivity contribution is 7.09. The van der Waals surface area contributed by atoms with Gasteiger partial charge in [0.1, 0.15) is 0 Å². The molecule has 0 spiro atoms. The molecule has 0 aromatic carbocycles. The van der Waals surface area contributed by atoms with E-state index in [-0.39, 0.29) is 0 Å². The second-order valence-corrected chi connectivity index (χ2v) is 5.84. The fourth-order valence-corrected chi connectivity index (χ4v) is 2.67. The number of nitrogens with one attached hydrogen (secondary N) is 1. The van der Waals surface area contributed by atoms with Gasteiger partial charge in [-0.05, 0) is 25.3 Å². The number of nitrogens with zero attached hydrogens (tertiary/aromatic N) is 1. The summed E-state index contributed by atoms with van der Waals surface area (Å²) < 4.78 is 0. The minimum Gasteiger partial charge on any atom is -0.319 e. The van der Waals surface area contributed by atoms with Gasteiger partial charge in [0.05, 0.1) is 5.01 Å². The predicted molar refractivity (Wildman–Crippen MR) is 67.4 cm³/mol. The molecule has 1 N–H and O–H groups in total. The third-order valence-corrected chi connectivity index (χ3v) is 4.16. The zero-order chi connectivity index (χ0) is 11.5. The molecule has 0 bridgehead atoms. The van der Waals surface area contributed by atoms with Gasteiger partial charge in [-0.3, -0.25) is 0 Å². The summed E-state index contributed by atoms with van der Waals surface area (Å²) in [7, 11) is 2.02. The Kier molecular flexibility index (Phi) is 4.29. The summed E-state index contributed by atoms with van der Waals surface area (Å²) in [5.41, 5.74) is 1.45. The summed E-state index contributed by atoms with van der Waals surface area (Å²) >= 11 is 1.78. The van der Waals surface area contributed by atoms with Gasteiger partial charge < -0.3 is 5.32 Å². The lowest BCUT2D eigenvalue weighted by molar-refractivity contribution is 0.212. The van der Waals surface area contributed by atoms with Crippen molar-refractivity contribution in [1.82, 2.24) is 10.3 Å². The van der Waals surface area contributed by atoms with Crippen LogP contribution in [0.1, 0.15) is 31.5 Å². The number of aromatic nitrogens is 1. The summed E-state index contributed by atoms with van der Waals surface area (Å²) in [6, 6.07) is 0. The largest absolute Gasteiger partial charge is 0.319 e. The van der Waals surface area contributed by atoms with E-state index in [2.05, 4.69) is 43.4 Å². The highest BCUT2D eigenvalue weighted by Crippen LogP contribution is 2.31. The van der Waals surface area contributed by atoms with E-state index in [1.165, 1.54) is 5.01 Å². The number of rotatable bonds is 5. The van der Waals surface area contributed by atoms with E-state index in [1.807, 2.05) is 7.05 Å². The molecular formula is C12H22N2S. The van der Waals surface area contributed by atoms with E-state index in [0.717, 1.165) is 18.7 Å². The first kappa shape index (κ1) is 12.7. The Morgan fingerprint density at radius 2 is 2.20 bits per heavy atom. The van der Waals surface area contributed by atoms with E-state index in [0.29, 0.717) is 11.3 Å². The normalized spacial score (nSPS) is 15.6. The Labute approximate surface area is 97.1 Å². The van der Waals surface area contributed by atoms with Crippen LogP contribution in [0.2, 0.25) is 0 Å². The van der Waals surface area contributed by atoms with Crippen molar-refractivity contribution in [2.75, 3.05) is 13.6 Å². The fraction of sp³-hybridized carbons (Fsp3) is 0.750. The second-order valence-electron chi connectivity index (χ2n) is 4.90. The van der Waals surface area contributed by atoms with Crippen molar-refractivity contribution in [2.45, 2.75) is 34.1 Å². The van der Waals surface area contributed by atoms with E-state index >= 15 is 0 Å². The zero-order valence-corrected chi connectivity index (χ0v) is 11.2. The van der Waals surface area contributed by atoms with E-state index in [9.17, 15) is 0 Å². The first-order valence-corrected chi connectivity index (χ1v) is 6.41. The van der Waals surface area contributed by atoms with E-state index in [1.54, 1.807) is 11.3 Å². The molecule has 1 unspecified atom stereocenters. The smallest absolute Gasteiger partial charge is 0.0934 e. The van der Waals surface area contributed by atoms with Crippen molar-refractivity contribution in [2.24, 2.45) is 11.3 Å². The number of aryl methyl sites for hydroxylation is 1. The maximum atomic E-state index is 4.55. The number of hydrogen-bond donors (Lipinski definition) is 1. The molecular weight excluding hydrogens is 204 g/mol. The lowest BCUT2D eigenvalue weighted by Gasteiger charge is -2.33. The molecule has 1 aromatic heterocycles. The zero-order valence-electron chi connectivity index (χ0n) is 10.4. The van der Waals surface area contributed by atoms with Crippen molar-refractivity contribution in [3.63, 3.8) is 0 Å². The van der Waals surface area contributed by atoms with Gasteiger partial charge in [-0.15, -0.1) is 11.3 Å². The van der Waals surface area contributed by atoms with Crippen LogP contribution in [-0.2, 0) is 6.42 Å². The van der Waals surface area contributed by atoms with Crippen molar-refractivity contribution in [1.29, 1.82) is 0 Å². The van der Waals surface area contributed by atoms with E-state index < -0.39 is 0 Å².